The molecule has 23 heavy (non-hydrogen) atoms. The minimum absolute atomic E-state index is 0. The van der Waals surface area contributed by atoms with Gasteiger partial charge in [0.2, 0.25) is 11.7 Å². The normalized spacial score (nSPS) is 11.6. The Balaban J connectivity index is 0.00000264. The molecule has 1 amide bonds. The molecule has 2 aromatic rings. The number of halogens is 1. The van der Waals surface area contributed by atoms with Gasteiger partial charge in [0.25, 0.3) is 5.91 Å². The highest BCUT2D eigenvalue weighted by atomic mass is 35.5. The van der Waals surface area contributed by atoms with Crippen LogP contribution in [0.2, 0.25) is 0 Å². The van der Waals surface area contributed by atoms with E-state index in [-0.39, 0.29) is 30.1 Å². The van der Waals surface area contributed by atoms with Crippen LogP contribution in [0.5, 0.6) is 0 Å². The molecule has 5 nitrogen and oxygen atoms in total. The average Bonchev–Trinajstić information content (AvgIpc) is 2.94. The maximum atomic E-state index is 12.3. The largest absolute Gasteiger partial charge is 0.431 e. The predicted molar refractivity (Wildman–Crippen MR) is 93.8 cm³/mol. The number of nitrogens with one attached hydrogen (secondary N) is 1. The molecular formula is C17H24ClN3O2. The van der Waals surface area contributed by atoms with Gasteiger partial charge in [-0.1, -0.05) is 38.0 Å². The van der Waals surface area contributed by atoms with Crippen molar-refractivity contribution in [2.45, 2.75) is 39.2 Å². The maximum Gasteiger partial charge on any atom is 0.289 e. The van der Waals surface area contributed by atoms with Crippen LogP contribution in [0.3, 0.4) is 0 Å². The second kappa shape index (κ2) is 9.33. The maximum absolute atomic E-state index is 12.3. The SMILES string of the molecule is CCCCC(CN)NC(=O)c1oc(-c2ccccc2)nc1C.Cl. The molecule has 2 rings (SSSR count). The van der Waals surface area contributed by atoms with Crippen LogP contribution in [0, 0.1) is 6.92 Å². The fourth-order valence-electron chi connectivity index (χ4n) is 2.26. The van der Waals surface area contributed by atoms with E-state index in [4.69, 9.17) is 10.2 Å². The highest BCUT2D eigenvalue weighted by Crippen LogP contribution is 2.21. The Kier molecular flexibility index (Phi) is 7.78. The molecule has 0 saturated heterocycles. The summed E-state index contributed by atoms with van der Waals surface area (Å²) in [6.07, 6.45) is 2.98. The summed E-state index contributed by atoms with van der Waals surface area (Å²) in [7, 11) is 0. The summed E-state index contributed by atoms with van der Waals surface area (Å²) in [6, 6.07) is 9.51. The summed E-state index contributed by atoms with van der Waals surface area (Å²) in [5.41, 5.74) is 7.15. The lowest BCUT2D eigenvalue weighted by atomic mass is 10.1. The van der Waals surface area contributed by atoms with Gasteiger partial charge in [-0.2, -0.15) is 0 Å². The molecule has 1 aromatic carbocycles. The van der Waals surface area contributed by atoms with Crippen LogP contribution in [-0.4, -0.2) is 23.5 Å². The van der Waals surface area contributed by atoms with Gasteiger partial charge in [-0.3, -0.25) is 4.79 Å². The second-order valence-electron chi connectivity index (χ2n) is 5.35. The van der Waals surface area contributed by atoms with E-state index in [9.17, 15) is 4.79 Å². The van der Waals surface area contributed by atoms with Crippen molar-refractivity contribution in [1.29, 1.82) is 0 Å². The molecule has 6 heteroatoms. The third kappa shape index (κ3) is 5.08. The number of rotatable bonds is 7. The van der Waals surface area contributed by atoms with Crippen LogP contribution in [0.4, 0.5) is 0 Å². The molecule has 0 saturated carbocycles. The number of carbonyl (C=O) groups excluding carboxylic acids is 1. The van der Waals surface area contributed by atoms with Crippen molar-refractivity contribution in [1.82, 2.24) is 10.3 Å². The van der Waals surface area contributed by atoms with E-state index in [0.717, 1.165) is 24.8 Å². The summed E-state index contributed by atoms with van der Waals surface area (Å²) in [5.74, 6) is 0.466. The topological polar surface area (TPSA) is 81.1 Å². The van der Waals surface area contributed by atoms with E-state index < -0.39 is 0 Å². The van der Waals surface area contributed by atoms with Crippen molar-refractivity contribution in [2.75, 3.05) is 6.54 Å². The van der Waals surface area contributed by atoms with E-state index in [1.54, 1.807) is 6.92 Å². The van der Waals surface area contributed by atoms with Gasteiger partial charge in [0, 0.05) is 18.2 Å². The van der Waals surface area contributed by atoms with E-state index >= 15 is 0 Å². The number of oxazole rings is 1. The van der Waals surface area contributed by atoms with Gasteiger partial charge in [0.15, 0.2) is 0 Å². The zero-order valence-corrected chi connectivity index (χ0v) is 14.4. The average molecular weight is 338 g/mol. The minimum Gasteiger partial charge on any atom is -0.431 e. The molecule has 1 aromatic heterocycles. The minimum atomic E-state index is -0.251. The molecule has 1 unspecified atom stereocenters. The van der Waals surface area contributed by atoms with Crippen LogP contribution >= 0.6 is 12.4 Å². The van der Waals surface area contributed by atoms with Crippen molar-refractivity contribution in [2.24, 2.45) is 5.73 Å². The summed E-state index contributed by atoms with van der Waals surface area (Å²) in [5, 5.41) is 2.93. The third-order valence-corrected chi connectivity index (χ3v) is 3.55. The number of hydrogen-bond acceptors (Lipinski definition) is 4. The monoisotopic (exact) mass is 337 g/mol. The van der Waals surface area contributed by atoms with Crippen molar-refractivity contribution >= 4 is 18.3 Å². The molecule has 0 spiro atoms. The first-order valence-corrected chi connectivity index (χ1v) is 7.69. The highest BCUT2D eigenvalue weighted by Gasteiger charge is 2.20. The summed E-state index contributed by atoms with van der Waals surface area (Å²) < 4.78 is 5.65. The predicted octanol–water partition coefficient (Wildman–Crippen LogP) is 3.32. The summed E-state index contributed by atoms with van der Waals surface area (Å²) >= 11 is 0. The number of carbonyl (C=O) groups is 1. The number of nitrogens with zero attached hydrogens (tertiary/aromatic N) is 1. The van der Waals surface area contributed by atoms with Gasteiger partial charge in [-0.15, -0.1) is 12.4 Å². The third-order valence-electron chi connectivity index (χ3n) is 3.55. The van der Waals surface area contributed by atoms with E-state index in [1.807, 2.05) is 30.3 Å². The molecule has 0 aliphatic rings. The molecule has 3 N–H and O–H groups in total. The van der Waals surface area contributed by atoms with Crippen molar-refractivity contribution in [3.63, 3.8) is 0 Å². The van der Waals surface area contributed by atoms with Gasteiger partial charge in [-0.05, 0) is 25.5 Å². The van der Waals surface area contributed by atoms with Crippen LogP contribution in [0.25, 0.3) is 11.5 Å². The Morgan fingerprint density at radius 3 is 2.65 bits per heavy atom. The summed E-state index contributed by atoms with van der Waals surface area (Å²) in [6.45, 7) is 4.31. The molecule has 0 aliphatic heterocycles. The van der Waals surface area contributed by atoms with Gasteiger partial charge in [0.05, 0.1) is 5.69 Å². The number of amides is 1. The van der Waals surface area contributed by atoms with Crippen LogP contribution < -0.4 is 11.1 Å². The molecule has 1 atom stereocenters. The van der Waals surface area contributed by atoms with Crippen molar-refractivity contribution in [3.05, 3.63) is 41.8 Å². The smallest absolute Gasteiger partial charge is 0.289 e. The Morgan fingerprint density at radius 2 is 2.04 bits per heavy atom. The molecular weight excluding hydrogens is 314 g/mol. The molecule has 126 valence electrons. The molecule has 1 heterocycles. The van der Waals surface area contributed by atoms with Crippen molar-refractivity contribution < 1.29 is 9.21 Å². The summed E-state index contributed by atoms with van der Waals surface area (Å²) in [4.78, 5) is 16.7. The first-order valence-electron chi connectivity index (χ1n) is 7.69. The zero-order valence-electron chi connectivity index (χ0n) is 13.5. The molecule has 0 aliphatic carbocycles. The Morgan fingerprint density at radius 1 is 1.35 bits per heavy atom. The fourth-order valence-corrected chi connectivity index (χ4v) is 2.26. The van der Waals surface area contributed by atoms with Crippen LogP contribution in [0.1, 0.15) is 42.4 Å². The lowest BCUT2D eigenvalue weighted by Crippen LogP contribution is -2.40. The molecule has 0 radical (unpaired) electrons. The Labute approximate surface area is 143 Å². The first-order chi connectivity index (χ1) is 10.7. The number of benzene rings is 1. The number of aromatic nitrogens is 1. The standard InChI is InChI=1S/C17H23N3O2.ClH/c1-3-4-10-14(11-18)20-16(21)15-12(2)19-17(22-15)13-8-6-5-7-9-13;/h5-9,14H,3-4,10-11,18H2,1-2H3,(H,20,21);1H. The number of aryl methyl sites for hydroxylation is 1. The van der Waals surface area contributed by atoms with Gasteiger partial charge < -0.3 is 15.5 Å². The van der Waals surface area contributed by atoms with E-state index in [0.29, 0.717) is 18.1 Å². The van der Waals surface area contributed by atoms with E-state index in [1.165, 1.54) is 0 Å². The zero-order chi connectivity index (χ0) is 15.9. The van der Waals surface area contributed by atoms with Crippen molar-refractivity contribution in [3.8, 4) is 11.5 Å². The second-order valence-corrected chi connectivity index (χ2v) is 5.35. The van der Waals surface area contributed by atoms with Gasteiger partial charge in [-0.25, -0.2) is 4.98 Å². The fraction of sp³-hybridized carbons (Fsp3) is 0.412. The lowest BCUT2D eigenvalue weighted by Gasteiger charge is -2.15. The number of unbranched alkanes of at least 4 members (excludes halogenated alkanes) is 1. The van der Waals surface area contributed by atoms with Gasteiger partial charge >= 0.3 is 0 Å². The number of nitrogens with two attached hydrogens (primary N) is 1. The quantitative estimate of drug-likeness (QED) is 0.812. The Bertz CT molecular complexity index is 614. The van der Waals surface area contributed by atoms with Gasteiger partial charge in [0.1, 0.15) is 0 Å². The van der Waals surface area contributed by atoms with E-state index in [2.05, 4.69) is 17.2 Å². The Hall–Kier alpha value is -1.85. The van der Waals surface area contributed by atoms with Crippen LogP contribution in [0.15, 0.2) is 34.7 Å². The lowest BCUT2D eigenvalue weighted by molar-refractivity contribution is 0.0907. The number of hydrogen-bond donors (Lipinski definition) is 2. The van der Waals surface area contributed by atoms with Crippen LogP contribution in [-0.2, 0) is 0 Å². The molecule has 0 fully saturated rings. The molecule has 0 bridgehead atoms. The first kappa shape index (κ1) is 19.2. The highest BCUT2D eigenvalue weighted by molar-refractivity contribution is 5.93.